The molecule has 1 fully saturated rings. The molecule has 1 saturated heterocycles. The Morgan fingerprint density at radius 1 is 1.70 bits per heavy atom. The van der Waals surface area contributed by atoms with Gasteiger partial charge in [-0.2, -0.15) is 0 Å². The van der Waals surface area contributed by atoms with Gasteiger partial charge in [0, 0.05) is 20.0 Å². The van der Waals surface area contributed by atoms with Crippen molar-refractivity contribution in [3.8, 4) is 0 Å². The molecule has 0 radical (unpaired) electrons. The Balaban J connectivity index is 2.33. The topological polar surface area (TPSA) is 38.3 Å². The van der Waals surface area contributed by atoms with Gasteiger partial charge in [0.2, 0.25) is 0 Å². The van der Waals surface area contributed by atoms with Gasteiger partial charge in [-0.15, -0.1) is 0 Å². The van der Waals surface area contributed by atoms with Crippen molar-refractivity contribution in [2.45, 2.75) is 19.2 Å². The average molecular weight is 147 g/mol. The van der Waals surface area contributed by atoms with Crippen LogP contribution in [-0.4, -0.2) is 31.3 Å². The third-order valence-electron chi connectivity index (χ3n) is 1.41. The number of nitrogens with one attached hydrogen (secondary N) is 1. The molecule has 0 aromatic rings. The van der Waals surface area contributed by atoms with Crippen molar-refractivity contribution in [3.63, 3.8) is 0 Å². The zero-order chi connectivity index (χ0) is 7.56. The number of halogens is 1. The van der Waals surface area contributed by atoms with Crippen LogP contribution in [0.25, 0.3) is 0 Å². The highest BCUT2D eigenvalue weighted by atomic mass is 19.1. The number of carbonyl (C=O) groups is 1. The summed E-state index contributed by atoms with van der Waals surface area (Å²) in [4.78, 5) is 10.3. The number of rotatable bonds is 1. The van der Waals surface area contributed by atoms with E-state index in [4.69, 9.17) is 0 Å². The molecule has 0 unspecified atom stereocenters. The lowest BCUT2D eigenvalue weighted by Crippen LogP contribution is -2.25. The van der Waals surface area contributed by atoms with Gasteiger partial charge in [-0.1, -0.05) is 0 Å². The number of ether oxygens (including phenoxy) is 1. The molecule has 0 aliphatic carbocycles. The maximum atomic E-state index is 12.6. The number of hydrogen-bond acceptors (Lipinski definition) is 3. The van der Waals surface area contributed by atoms with Gasteiger partial charge in [0.1, 0.15) is 6.10 Å². The van der Waals surface area contributed by atoms with Gasteiger partial charge in [-0.25, -0.2) is 4.39 Å². The smallest absolute Gasteiger partial charge is 0.303 e. The van der Waals surface area contributed by atoms with E-state index in [0.29, 0.717) is 6.54 Å². The van der Waals surface area contributed by atoms with E-state index in [9.17, 15) is 9.18 Å². The van der Waals surface area contributed by atoms with Gasteiger partial charge >= 0.3 is 5.97 Å². The molecular formula is C6H10FNO2. The first-order valence-electron chi connectivity index (χ1n) is 3.22. The lowest BCUT2D eigenvalue weighted by atomic mass is 10.3. The minimum Gasteiger partial charge on any atom is -0.458 e. The number of carbonyl (C=O) groups excluding carboxylic acids is 1. The molecule has 3 nitrogen and oxygen atoms in total. The highest BCUT2D eigenvalue weighted by Gasteiger charge is 2.28. The number of alkyl halides is 1. The highest BCUT2D eigenvalue weighted by molar-refractivity contribution is 5.66. The second kappa shape index (κ2) is 2.96. The maximum Gasteiger partial charge on any atom is 0.303 e. The number of hydrogen-bond donors (Lipinski definition) is 1. The van der Waals surface area contributed by atoms with Crippen LogP contribution in [0, 0.1) is 0 Å². The third-order valence-corrected chi connectivity index (χ3v) is 1.41. The Bertz CT molecular complexity index is 140. The first-order chi connectivity index (χ1) is 4.70. The molecule has 1 heterocycles. The van der Waals surface area contributed by atoms with E-state index in [-0.39, 0.29) is 6.54 Å². The lowest BCUT2D eigenvalue weighted by Gasteiger charge is -2.10. The number of esters is 1. The Morgan fingerprint density at radius 2 is 2.40 bits per heavy atom. The minimum absolute atomic E-state index is 0.290. The predicted molar refractivity (Wildman–Crippen MR) is 33.3 cm³/mol. The zero-order valence-electron chi connectivity index (χ0n) is 5.76. The predicted octanol–water partition coefficient (Wildman–Crippen LogP) is -0.141. The van der Waals surface area contributed by atoms with Gasteiger partial charge in [0.15, 0.2) is 6.17 Å². The van der Waals surface area contributed by atoms with Crippen LogP contribution in [0.3, 0.4) is 0 Å². The fraction of sp³-hybridized carbons (Fsp3) is 0.833. The van der Waals surface area contributed by atoms with Gasteiger partial charge in [-0.3, -0.25) is 4.79 Å². The third kappa shape index (κ3) is 1.67. The molecule has 58 valence electrons. The van der Waals surface area contributed by atoms with E-state index in [2.05, 4.69) is 10.1 Å². The Morgan fingerprint density at radius 3 is 2.80 bits per heavy atom. The van der Waals surface area contributed by atoms with E-state index >= 15 is 0 Å². The molecule has 0 aromatic heterocycles. The Hall–Kier alpha value is -0.640. The second-order valence-electron chi connectivity index (χ2n) is 2.32. The van der Waals surface area contributed by atoms with Crippen LogP contribution in [-0.2, 0) is 9.53 Å². The van der Waals surface area contributed by atoms with E-state index < -0.39 is 18.2 Å². The van der Waals surface area contributed by atoms with Crippen molar-refractivity contribution in [1.82, 2.24) is 5.32 Å². The standard InChI is InChI=1S/C6H10FNO2/c1-4(9)10-6-3-8-2-5(6)7/h5-6,8H,2-3H2,1H3/t5-,6-/m0/s1. The lowest BCUT2D eigenvalue weighted by molar-refractivity contribution is -0.147. The van der Waals surface area contributed by atoms with Gasteiger partial charge in [0.25, 0.3) is 0 Å². The fourth-order valence-electron chi connectivity index (χ4n) is 0.951. The normalized spacial score (nSPS) is 32.2. The molecule has 0 spiro atoms. The van der Waals surface area contributed by atoms with E-state index in [1.54, 1.807) is 0 Å². The second-order valence-corrected chi connectivity index (χ2v) is 2.32. The molecule has 0 bridgehead atoms. The highest BCUT2D eigenvalue weighted by Crippen LogP contribution is 2.08. The van der Waals surface area contributed by atoms with Crippen LogP contribution in [0.1, 0.15) is 6.92 Å². The molecule has 10 heavy (non-hydrogen) atoms. The molecule has 1 rings (SSSR count). The molecular weight excluding hydrogens is 137 g/mol. The van der Waals surface area contributed by atoms with Crippen molar-refractivity contribution in [3.05, 3.63) is 0 Å². The average Bonchev–Trinajstić information content (AvgIpc) is 2.15. The van der Waals surface area contributed by atoms with E-state index in [1.807, 2.05) is 0 Å². The van der Waals surface area contributed by atoms with E-state index in [1.165, 1.54) is 6.92 Å². The van der Waals surface area contributed by atoms with Crippen molar-refractivity contribution >= 4 is 5.97 Å². The molecule has 1 aliphatic heterocycles. The van der Waals surface area contributed by atoms with Crippen molar-refractivity contribution < 1.29 is 13.9 Å². The fourth-order valence-corrected chi connectivity index (χ4v) is 0.951. The SMILES string of the molecule is CC(=O)O[C@H]1CNC[C@@H]1F. The Kier molecular flexibility index (Phi) is 2.21. The molecule has 4 heteroatoms. The first kappa shape index (κ1) is 7.47. The summed E-state index contributed by atoms with van der Waals surface area (Å²) in [5, 5.41) is 2.78. The van der Waals surface area contributed by atoms with Crippen LogP contribution < -0.4 is 5.32 Å². The molecule has 0 aromatic carbocycles. The maximum absolute atomic E-state index is 12.6. The monoisotopic (exact) mass is 147 g/mol. The minimum atomic E-state index is -1.04. The zero-order valence-corrected chi connectivity index (χ0v) is 5.76. The van der Waals surface area contributed by atoms with Crippen LogP contribution in [0.4, 0.5) is 4.39 Å². The van der Waals surface area contributed by atoms with Crippen LogP contribution in [0.5, 0.6) is 0 Å². The van der Waals surface area contributed by atoms with Gasteiger partial charge in [-0.05, 0) is 0 Å². The summed E-state index contributed by atoms with van der Waals surface area (Å²) in [5.41, 5.74) is 0. The largest absolute Gasteiger partial charge is 0.458 e. The summed E-state index contributed by atoms with van der Waals surface area (Å²) in [6.07, 6.45) is -1.61. The van der Waals surface area contributed by atoms with Gasteiger partial charge < -0.3 is 10.1 Å². The van der Waals surface area contributed by atoms with Crippen molar-refractivity contribution in [1.29, 1.82) is 0 Å². The molecule has 1 aliphatic rings. The van der Waals surface area contributed by atoms with Crippen LogP contribution >= 0.6 is 0 Å². The Labute approximate surface area is 58.5 Å². The summed E-state index contributed by atoms with van der Waals surface area (Å²) in [6, 6.07) is 0. The van der Waals surface area contributed by atoms with Crippen molar-refractivity contribution in [2.75, 3.05) is 13.1 Å². The van der Waals surface area contributed by atoms with Crippen LogP contribution in [0.15, 0.2) is 0 Å². The summed E-state index contributed by atoms with van der Waals surface area (Å²) in [7, 11) is 0. The molecule has 0 saturated carbocycles. The van der Waals surface area contributed by atoms with E-state index in [0.717, 1.165) is 0 Å². The summed E-state index contributed by atoms with van der Waals surface area (Å²) in [5.74, 6) is -0.420. The molecule has 0 amide bonds. The quantitative estimate of drug-likeness (QED) is 0.524. The summed E-state index contributed by atoms with van der Waals surface area (Å²) < 4.78 is 17.3. The van der Waals surface area contributed by atoms with Crippen molar-refractivity contribution in [2.24, 2.45) is 0 Å². The van der Waals surface area contributed by atoms with Gasteiger partial charge in [0.05, 0.1) is 0 Å². The molecule has 2 atom stereocenters. The summed E-state index contributed by atoms with van der Waals surface area (Å²) >= 11 is 0. The molecule has 1 N–H and O–H groups in total. The summed E-state index contributed by atoms with van der Waals surface area (Å²) in [6.45, 7) is 2.00. The first-order valence-corrected chi connectivity index (χ1v) is 3.22. The van der Waals surface area contributed by atoms with Crippen LogP contribution in [0.2, 0.25) is 0 Å².